The molecule has 12 nitrogen and oxygen atoms in total. The van der Waals surface area contributed by atoms with Gasteiger partial charge in [0.25, 0.3) is 0 Å². The zero-order valence-corrected chi connectivity index (χ0v) is 21.8. The maximum atomic E-state index is 13.2. The van der Waals surface area contributed by atoms with Gasteiger partial charge in [-0.2, -0.15) is 0 Å². The Bertz CT molecular complexity index is 1530. The van der Waals surface area contributed by atoms with Crippen LogP contribution in [0.4, 0.5) is 0 Å². The fourth-order valence-electron chi connectivity index (χ4n) is 5.12. The van der Waals surface area contributed by atoms with E-state index in [2.05, 4.69) is 0 Å². The normalized spacial score (nSPS) is 22.7. The molecular formula is C28H26O12. The zero-order valence-electron chi connectivity index (χ0n) is 21.8. The van der Waals surface area contributed by atoms with Gasteiger partial charge in [-0.05, 0) is 35.2 Å². The molecule has 0 amide bonds. The second-order valence-electron chi connectivity index (χ2n) is 9.58. The van der Waals surface area contributed by atoms with E-state index in [4.69, 9.17) is 37.9 Å². The van der Waals surface area contributed by atoms with Crippen LogP contribution < -0.4 is 23.7 Å². The maximum absolute atomic E-state index is 13.2. The lowest BCUT2D eigenvalue weighted by Crippen LogP contribution is -2.49. The molecule has 3 aromatic carbocycles. The zero-order chi connectivity index (χ0) is 28.2. The third-order valence-corrected chi connectivity index (χ3v) is 7.14. The number of ether oxygens (including phenoxy) is 8. The lowest BCUT2D eigenvalue weighted by Gasteiger charge is -2.26. The Labute approximate surface area is 227 Å². The first-order chi connectivity index (χ1) is 19.2. The van der Waals surface area contributed by atoms with Crippen molar-refractivity contribution in [2.24, 2.45) is 0 Å². The number of aliphatic hydroxyl groups excluding tert-OH is 1. The van der Waals surface area contributed by atoms with Crippen molar-refractivity contribution >= 4 is 22.7 Å². The van der Waals surface area contributed by atoms with Gasteiger partial charge in [0.1, 0.15) is 19.0 Å². The van der Waals surface area contributed by atoms with E-state index in [0.29, 0.717) is 50.5 Å². The average Bonchev–Trinajstić information content (AvgIpc) is 3.65. The number of carbonyl (C=O) groups excluding carboxylic acids is 2. The number of rotatable bonds is 7. The summed E-state index contributed by atoms with van der Waals surface area (Å²) in [4.78, 5) is 24.4. The van der Waals surface area contributed by atoms with E-state index in [0.717, 1.165) is 0 Å². The van der Waals surface area contributed by atoms with Crippen LogP contribution >= 0.6 is 0 Å². The summed E-state index contributed by atoms with van der Waals surface area (Å²) < 4.78 is 44.3. The highest BCUT2D eigenvalue weighted by Crippen LogP contribution is 2.49. The van der Waals surface area contributed by atoms with E-state index >= 15 is 0 Å². The van der Waals surface area contributed by atoms with E-state index in [1.165, 1.54) is 21.1 Å². The molecule has 12 heteroatoms. The number of aliphatic hydroxyl groups is 2. The first-order valence-electron chi connectivity index (χ1n) is 12.4. The van der Waals surface area contributed by atoms with Crippen LogP contribution in [0.25, 0.3) is 21.9 Å². The molecule has 3 aliphatic heterocycles. The highest BCUT2D eigenvalue weighted by atomic mass is 16.7. The van der Waals surface area contributed by atoms with Crippen LogP contribution in [-0.4, -0.2) is 74.4 Å². The molecule has 0 spiro atoms. The monoisotopic (exact) mass is 554 g/mol. The molecule has 0 aromatic heterocycles. The fourth-order valence-corrected chi connectivity index (χ4v) is 5.12. The Morgan fingerprint density at radius 2 is 1.75 bits per heavy atom. The van der Waals surface area contributed by atoms with Crippen molar-refractivity contribution < 1.29 is 57.7 Å². The molecule has 3 atom stereocenters. The molecular weight excluding hydrogens is 528 g/mol. The summed E-state index contributed by atoms with van der Waals surface area (Å²) in [7, 11) is 2.98. The lowest BCUT2D eigenvalue weighted by molar-refractivity contribution is -0.156. The van der Waals surface area contributed by atoms with Gasteiger partial charge in [-0.1, -0.05) is 6.07 Å². The second-order valence-corrected chi connectivity index (χ2v) is 9.58. The predicted octanol–water partition coefficient (Wildman–Crippen LogP) is 2.31. The van der Waals surface area contributed by atoms with Gasteiger partial charge >= 0.3 is 11.9 Å². The molecule has 210 valence electrons. The van der Waals surface area contributed by atoms with Crippen molar-refractivity contribution in [3.63, 3.8) is 0 Å². The Hall–Kier alpha value is -4.26. The van der Waals surface area contributed by atoms with Crippen molar-refractivity contribution in [1.82, 2.24) is 0 Å². The second kappa shape index (κ2) is 9.73. The average molecular weight is 555 g/mol. The number of esters is 2. The fraction of sp³-hybridized carbons (Fsp3) is 0.357. The van der Waals surface area contributed by atoms with Crippen molar-refractivity contribution in [3.05, 3.63) is 41.5 Å². The molecule has 0 radical (unpaired) electrons. The Morgan fingerprint density at radius 3 is 2.48 bits per heavy atom. The van der Waals surface area contributed by atoms with Crippen molar-refractivity contribution in [2.75, 3.05) is 34.2 Å². The largest absolute Gasteiger partial charge is 0.493 e. The number of cyclic esters (lactones) is 1. The van der Waals surface area contributed by atoms with Gasteiger partial charge in [0.2, 0.25) is 13.1 Å². The number of benzene rings is 3. The smallest absolute Gasteiger partial charge is 0.339 e. The van der Waals surface area contributed by atoms with Crippen LogP contribution in [0.1, 0.15) is 22.8 Å². The summed E-state index contributed by atoms with van der Waals surface area (Å²) in [5.74, 6) is 0.916. The lowest BCUT2D eigenvalue weighted by atomic mass is 9.89. The minimum atomic E-state index is -1.89. The van der Waals surface area contributed by atoms with Crippen molar-refractivity contribution in [1.29, 1.82) is 0 Å². The molecule has 1 fully saturated rings. The SMILES string of the molecule is COc1cc2c(OC3OC[C@](O)(COC(C)=O)[C@H]3O)c3c(c(-c4ccc5c(c4)OCO5)c2cc1OC)C(=O)OC3. The van der Waals surface area contributed by atoms with Gasteiger partial charge in [0.15, 0.2) is 34.7 Å². The topological polar surface area (TPSA) is 148 Å². The summed E-state index contributed by atoms with van der Waals surface area (Å²) in [6.07, 6.45) is -2.93. The first-order valence-corrected chi connectivity index (χ1v) is 12.4. The molecule has 3 aromatic rings. The number of hydrogen-bond acceptors (Lipinski definition) is 12. The molecule has 3 heterocycles. The van der Waals surface area contributed by atoms with Crippen LogP contribution in [0.5, 0.6) is 28.7 Å². The van der Waals surface area contributed by atoms with E-state index in [-0.39, 0.29) is 31.3 Å². The Kier molecular flexibility index (Phi) is 6.32. The summed E-state index contributed by atoms with van der Waals surface area (Å²) in [6, 6.07) is 8.75. The molecule has 40 heavy (non-hydrogen) atoms. The van der Waals surface area contributed by atoms with Crippen LogP contribution in [0.3, 0.4) is 0 Å². The standard InChI is InChI=1S/C28H26O12/c1-13(29)36-10-28(32)11-37-27(25(28)30)40-24-16-8-20(34-3)19(33-2)7-15(16)22(23-17(24)9-35-26(23)31)14-4-5-18-21(6-14)39-12-38-18/h4-8,25,27,30,32H,9-12H2,1-3H3/t25-,27?,28+/m0/s1. The number of hydrogen-bond donors (Lipinski definition) is 2. The van der Waals surface area contributed by atoms with Gasteiger partial charge in [-0.3, -0.25) is 4.79 Å². The molecule has 0 aliphatic carbocycles. The molecule has 1 saturated heterocycles. The van der Waals surface area contributed by atoms with Crippen LogP contribution in [-0.2, 0) is 25.6 Å². The van der Waals surface area contributed by atoms with Gasteiger partial charge in [-0.25, -0.2) is 4.79 Å². The van der Waals surface area contributed by atoms with Crippen LogP contribution in [0.2, 0.25) is 0 Å². The molecule has 6 rings (SSSR count). The van der Waals surface area contributed by atoms with Crippen LogP contribution in [0.15, 0.2) is 30.3 Å². The Morgan fingerprint density at radius 1 is 1.02 bits per heavy atom. The third kappa shape index (κ3) is 4.12. The molecule has 0 saturated carbocycles. The van der Waals surface area contributed by atoms with Crippen LogP contribution in [0, 0.1) is 0 Å². The highest BCUT2D eigenvalue weighted by molar-refractivity contribution is 6.14. The summed E-state index contributed by atoms with van der Waals surface area (Å²) in [6.45, 7) is 0.332. The van der Waals surface area contributed by atoms with E-state index < -0.39 is 36.5 Å². The minimum absolute atomic E-state index is 0.0883. The maximum Gasteiger partial charge on any atom is 0.339 e. The van der Waals surface area contributed by atoms with Gasteiger partial charge < -0.3 is 48.1 Å². The van der Waals surface area contributed by atoms with E-state index in [1.807, 2.05) is 6.07 Å². The summed E-state index contributed by atoms with van der Waals surface area (Å²) in [5.41, 5.74) is 0.00357. The molecule has 0 bridgehead atoms. The molecule has 3 aliphatic rings. The van der Waals surface area contributed by atoms with Crippen molar-refractivity contribution in [3.8, 4) is 39.9 Å². The predicted molar refractivity (Wildman–Crippen MR) is 136 cm³/mol. The minimum Gasteiger partial charge on any atom is -0.493 e. The van der Waals surface area contributed by atoms with E-state index in [1.54, 1.807) is 24.3 Å². The Balaban J connectivity index is 1.53. The first kappa shape index (κ1) is 26.0. The van der Waals surface area contributed by atoms with Gasteiger partial charge in [0.05, 0.1) is 26.4 Å². The molecule has 1 unspecified atom stereocenters. The number of carbonyl (C=O) groups is 2. The number of methoxy groups -OCH3 is 2. The summed E-state index contributed by atoms with van der Waals surface area (Å²) in [5, 5.41) is 22.8. The number of fused-ring (bicyclic) bond motifs is 3. The quantitative estimate of drug-likeness (QED) is 0.413. The third-order valence-electron chi connectivity index (χ3n) is 7.14. The van der Waals surface area contributed by atoms with Gasteiger partial charge in [0, 0.05) is 23.4 Å². The van der Waals surface area contributed by atoms with Gasteiger partial charge in [-0.15, -0.1) is 0 Å². The van der Waals surface area contributed by atoms with E-state index in [9.17, 15) is 19.8 Å². The highest BCUT2D eigenvalue weighted by Gasteiger charge is 2.51. The summed E-state index contributed by atoms with van der Waals surface area (Å²) >= 11 is 0. The van der Waals surface area contributed by atoms with Crippen molar-refractivity contribution in [2.45, 2.75) is 31.5 Å². The molecule has 2 N–H and O–H groups in total.